The number of nitrogens with zero attached hydrogens (tertiary/aromatic N) is 3. The molecule has 3 rings (SSSR count). The second-order valence-electron chi connectivity index (χ2n) is 5.63. The summed E-state index contributed by atoms with van der Waals surface area (Å²) in [6.07, 6.45) is 4.43. The molecule has 0 amide bonds. The molecule has 0 N–H and O–H groups in total. The van der Waals surface area contributed by atoms with Gasteiger partial charge in [-0.05, 0) is 25.0 Å². The first kappa shape index (κ1) is 15.6. The van der Waals surface area contributed by atoms with Crippen LogP contribution < -0.4 is 4.90 Å². The second-order valence-corrected chi connectivity index (χ2v) is 6.06. The molecule has 23 heavy (non-hydrogen) atoms. The molecule has 0 aliphatic carbocycles. The Morgan fingerprint density at radius 3 is 2.70 bits per heavy atom. The quantitative estimate of drug-likeness (QED) is 0.575. The molecule has 3 aromatic rings. The van der Waals surface area contributed by atoms with Crippen LogP contribution in [0.4, 0.5) is 5.69 Å². The first-order valence-electron chi connectivity index (χ1n) is 7.53. The summed E-state index contributed by atoms with van der Waals surface area (Å²) >= 11 is 4.37. The molecule has 0 atom stereocenters. The van der Waals surface area contributed by atoms with E-state index in [0.29, 0.717) is 11.2 Å². The monoisotopic (exact) mass is 325 g/mol. The van der Waals surface area contributed by atoms with Crippen molar-refractivity contribution < 1.29 is 4.79 Å². The van der Waals surface area contributed by atoms with Crippen molar-refractivity contribution in [3.8, 4) is 0 Å². The molecular formula is C18H19N3OS. The van der Waals surface area contributed by atoms with Gasteiger partial charge in [0.2, 0.25) is 0 Å². The lowest BCUT2D eigenvalue weighted by atomic mass is 10.1. The largest absolute Gasteiger partial charge is 0.374 e. The van der Waals surface area contributed by atoms with E-state index in [-0.39, 0.29) is 5.78 Å². The average molecular weight is 325 g/mol. The van der Waals surface area contributed by atoms with Gasteiger partial charge in [0.1, 0.15) is 0 Å². The molecular weight excluding hydrogens is 306 g/mol. The summed E-state index contributed by atoms with van der Waals surface area (Å²) in [7, 11) is 2.04. The zero-order valence-corrected chi connectivity index (χ0v) is 14.1. The number of benzene rings is 1. The van der Waals surface area contributed by atoms with Crippen molar-refractivity contribution in [3.05, 3.63) is 59.9 Å². The number of anilines is 1. The highest BCUT2D eigenvalue weighted by atomic mass is 32.1. The molecule has 2 aromatic heterocycles. The van der Waals surface area contributed by atoms with Crippen molar-refractivity contribution >= 4 is 35.3 Å². The van der Waals surface area contributed by atoms with Crippen LogP contribution in [0, 0.1) is 0 Å². The van der Waals surface area contributed by atoms with Crippen molar-refractivity contribution in [2.75, 3.05) is 18.5 Å². The van der Waals surface area contributed by atoms with Crippen molar-refractivity contribution in [3.63, 3.8) is 0 Å². The number of aromatic nitrogens is 2. The molecule has 1 aromatic carbocycles. The maximum absolute atomic E-state index is 11.9. The first-order valence-corrected chi connectivity index (χ1v) is 7.93. The standard InChI is InChI=1S/C18H19N3OS/c1-13(22)15-12-21(23)18-17(15)16(8-10-19-18)20(2)11-9-14-6-4-3-5-7-14/h3-8,10,12,23H,9,11H2,1-2H3. The fourth-order valence-electron chi connectivity index (χ4n) is 2.77. The summed E-state index contributed by atoms with van der Waals surface area (Å²) in [5, 5.41) is 0.866. The molecule has 4 nitrogen and oxygen atoms in total. The Morgan fingerprint density at radius 1 is 1.26 bits per heavy atom. The van der Waals surface area contributed by atoms with E-state index < -0.39 is 0 Å². The van der Waals surface area contributed by atoms with Crippen molar-refractivity contribution in [1.29, 1.82) is 0 Å². The van der Waals surface area contributed by atoms with Gasteiger partial charge in [0.05, 0.1) is 5.39 Å². The van der Waals surface area contributed by atoms with Crippen molar-refractivity contribution in [2.24, 2.45) is 0 Å². The van der Waals surface area contributed by atoms with Crippen molar-refractivity contribution in [2.45, 2.75) is 13.3 Å². The number of rotatable bonds is 5. The van der Waals surface area contributed by atoms with Gasteiger partial charge in [-0.25, -0.2) is 4.98 Å². The van der Waals surface area contributed by atoms with E-state index in [4.69, 9.17) is 0 Å². The average Bonchev–Trinajstić information content (AvgIpc) is 2.91. The van der Waals surface area contributed by atoms with Crippen LogP contribution in [0.1, 0.15) is 22.8 Å². The van der Waals surface area contributed by atoms with Crippen LogP contribution in [-0.2, 0) is 6.42 Å². The zero-order chi connectivity index (χ0) is 16.4. The minimum Gasteiger partial charge on any atom is -0.374 e. The Morgan fingerprint density at radius 2 is 2.00 bits per heavy atom. The summed E-state index contributed by atoms with van der Waals surface area (Å²) < 4.78 is 1.61. The Kier molecular flexibility index (Phi) is 4.39. The fraction of sp³-hybridized carbons (Fsp3) is 0.222. The molecule has 0 aliphatic heterocycles. The van der Waals surface area contributed by atoms with Gasteiger partial charge in [-0.3, -0.25) is 8.77 Å². The normalized spacial score (nSPS) is 10.9. The van der Waals surface area contributed by atoms with E-state index >= 15 is 0 Å². The van der Waals surface area contributed by atoms with Crippen LogP contribution >= 0.6 is 12.8 Å². The molecule has 118 valence electrons. The predicted molar refractivity (Wildman–Crippen MR) is 97.5 cm³/mol. The van der Waals surface area contributed by atoms with E-state index in [2.05, 4.69) is 47.0 Å². The smallest absolute Gasteiger partial charge is 0.162 e. The maximum atomic E-state index is 11.9. The SMILES string of the molecule is CC(=O)c1cn(S)c2nccc(N(C)CCc3ccccc3)c12. The molecule has 0 spiro atoms. The van der Waals surface area contributed by atoms with Gasteiger partial charge in [-0.15, -0.1) is 0 Å². The second kappa shape index (κ2) is 6.46. The Balaban J connectivity index is 1.94. The van der Waals surface area contributed by atoms with Gasteiger partial charge >= 0.3 is 0 Å². The Labute approximate surface area is 141 Å². The number of hydrogen-bond donors (Lipinski definition) is 1. The van der Waals surface area contributed by atoms with Crippen LogP contribution in [0.25, 0.3) is 11.0 Å². The van der Waals surface area contributed by atoms with Gasteiger partial charge in [0, 0.05) is 37.2 Å². The lowest BCUT2D eigenvalue weighted by molar-refractivity contribution is 0.101. The topological polar surface area (TPSA) is 38.1 Å². The molecule has 0 unspecified atom stereocenters. The molecule has 0 saturated carbocycles. The Bertz CT molecular complexity index is 842. The maximum Gasteiger partial charge on any atom is 0.162 e. The van der Waals surface area contributed by atoms with Gasteiger partial charge in [-0.1, -0.05) is 43.1 Å². The third kappa shape index (κ3) is 3.10. The molecule has 0 fully saturated rings. The number of Topliss-reactive ketones (excluding diaryl/α,β-unsaturated/α-hetero) is 1. The lowest BCUT2D eigenvalue weighted by Crippen LogP contribution is -2.20. The van der Waals surface area contributed by atoms with Crippen LogP contribution in [0.2, 0.25) is 0 Å². The summed E-state index contributed by atoms with van der Waals surface area (Å²) in [4.78, 5) is 18.5. The molecule has 2 heterocycles. The Hall–Kier alpha value is -2.27. The fourth-order valence-corrected chi connectivity index (χ4v) is 3.04. The predicted octanol–water partition coefficient (Wildman–Crippen LogP) is 3.61. The summed E-state index contributed by atoms with van der Waals surface area (Å²) in [5.74, 6) is 0.0218. The van der Waals surface area contributed by atoms with Crippen LogP contribution in [0.3, 0.4) is 0 Å². The first-order chi connectivity index (χ1) is 11.1. The molecule has 0 saturated heterocycles. The van der Waals surface area contributed by atoms with E-state index in [1.807, 2.05) is 19.2 Å². The minimum absolute atomic E-state index is 0.0218. The molecule has 0 aliphatic rings. The van der Waals surface area contributed by atoms with Gasteiger partial charge < -0.3 is 4.90 Å². The number of pyridine rings is 1. The number of carbonyl (C=O) groups excluding carboxylic acids is 1. The van der Waals surface area contributed by atoms with Gasteiger partial charge in [-0.2, -0.15) is 0 Å². The van der Waals surface area contributed by atoms with Gasteiger partial charge in [0.25, 0.3) is 0 Å². The summed E-state index contributed by atoms with van der Waals surface area (Å²) in [6, 6.07) is 12.3. The van der Waals surface area contributed by atoms with E-state index in [1.165, 1.54) is 5.56 Å². The highest BCUT2D eigenvalue weighted by Gasteiger charge is 2.17. The zero-order valence-electron chi connectivity index (χ0n) is 13.2. The number of ketones is 1. The van der Waals surface area contributed by atoms with Crippen LogP contribution in [0.5, 0.6) is 0 Å². The van der Waals surface area contributed by atoms with E-state index in [1.54, 1.807) is 23.3 Å². The minimum atomic E-state index is 0.0218. The summed E-state index contributed by atoms with van der Waals surface area (Å²) in [5.41, 5.74) is 3.67. The third-order valence-electron chi connectivity index (χ3n) is 4.02. The lowest BCUT2D eigenvalue weighted by Gasteiger charge is -2.20. The highest BCUT2D eigenvalue weighted by molar-refractivity contribution is 7.78. The number of fused-ring (bicyclic) bond motifs is 1. The molecule has 0 bridgehead atoms. The number of likely N-dealkylation sites (N-methyl/N-ethyl adjacent to an activating group) is 1. The van der Waals surface area contributed by atoms with Crippen LogP contribution in [-0.4, -0.2) is 28.3 Å². The number of thiol groups is 1. The van der Waals surface area contributed by atoms with E-state index in [0.717, 1.165) is 24.0 Å². The molecule has 0 radical (unpaired) electrons. The number of carbonyl (C=O) groups is 1. The highest BCUT2D eigenvalue weighted by Crippen LogP contribution is 2.30. The molecule has 5 heteroatoms. The number of hydrogen-bond acceptors (Lipinski definition) is 4. The van der Waals surface area contributed by atoms with Crippen LogP contribution in [0.15, 0.2) is 48.8 Å². The third-order valence-corrected chi connectivity index (χ3v) is 4.32. The summed E-state index contributed by atoms with van der Waals surface area (Å²) in [6.45, 7) is 2.43. The van der Waals surface area contributed by atoms with Gasteiger partial charge in [0.15, 0.2) is 11.4 Å². The van der Waals surface area contributed by atoms with E-state index in [9.17, 15) is 4.79 Å². The van der Waals surface area contributed by atoms with Crippen molar-refractivity contribution in [1.82, 2.24) is 8.96 Å².